The van der Waals surface area contributed by atoms with Crippen LogP contribution in [0.3, 0.4) is 0 Å². The van der Waals surface area contributed by atoms with Crippen LogP contribution < -0.4 is 14.8 Å². The molecule has 8 heteroatoms. The normalized spacial score (nSPS) is 19.5. The summed E-state index contributed by atoms with van der Waals surface area (Å²) in [4.78, 5) is 27.7. The Labute approximate surface area is 206 Å². The van der Waals surface area contributed by atoms with E-state index in [-0.39, 0.29) is 25.1 Å². The topological polar surface area (TPSA) is 91.3 Å². The van der Waals surface area contributed by atoms with Gasteiger partial charge in [0, 0.05) is 19.6 Å². The van der Waals surface area contributed by atoms with Crippen molar-refractivity contribution in [3.63, 3.8) is 0 Å². The lowest BCUT2D eigenvalue weighted by atomic mass is 9.92. The third-order valence-corrected chi connectivity index (χ3v) is 6.67. The highest BCUT2D eigenvalue weighted by molar-refractivity contribution is 6.06. The molecule has 0 saturated carbocycles. The SMILES string of the molecule is Cc1ccc(OCC2(O)CCN(Cc3ccc(OCCN4C(=O)NC(C)(C)C4=O)cc3)CC2)cc1. The first-order valence-electron chi connectivity index (χ1n) is 12.1. The number of carbonyl (C=O) groups excluding carboxylic acids is 2. The molecule has 0 radical (unpaired) electrons. The van der Waals surface area contributed by atoms with Gasteiger partial charge in [-0.1, -0.05) is 29.8 Å². The van der Waals surface area contributed by atoms with Crippen LogP contribution in [0.15, 0.2) is 48.5 Å². The molecule has 2 heterocycles. The fourth-order valence-corrected chi connectivity index (χ4v) is 4.35. The third kappa shape index (κ3) is 6.32. The predicted octanol–water partition coefficient (Wildman–Crippen LogP) is 3.11. The fourth-order valence-electron chi connectivity index (χ4n) is 4.35. The van der Waals surface area contributed by atoms with Gasteiger partial charge in [-0.15, -0.1) is 0 Å². The fraction of sp³-hybridized carbons (Fsp3) is 0.481. The summed E-state index contributed by atoms with van der Waals surface area (Å²) in [7, 11) is 0. The number of amides is 3. The van der Waals surface area contributed by atoms with Gasteiger partial charge in [0.05, 0.1) is 6.54 Å². The van der Waals surface area contributed by atoms with Crippen molar-refractivity contribution in [1.82, 2.24) is 15.1 Å². The summed E-state index contributed by atoms with van der Waals surface area (Å²) in [5, 5.41) is 13.6. The molecule has 0 aromatic heterocycles. The molecule has 2 aliphatic rings. The Morgan fingerprint density at radius 2 is 1.54 bits per heavy atom. The molecule has 188 valence electrons. The van der Waals surface area contributed by atoms with Gasteiger partial charge in [-0.3, -0.25) is 14.6 Å². The van der Waals surface area contributed by atoms with Crippen molar-refractivity contribution >= 4 is 11.9 Å². The molecule has 2 aliphatic heterocycles. The van der Waals surface area contributed by atoms with E-state index in [1.807, 2.05) is 55.5 Å². The number of hydrogen-bond acceptors (Lipinski definition) is 6. The molecule has 0 unspecified atom stereocenters. The summed E-state index contributed by atoms with van der Waals surface area (Å²) in [5.41, 5.74) is 0.675. The van der Waals surface area contributed by atoms with Crippen LogP contribution in [0.1, 0.15) is 37.8 Å². The van der Waals surface area contributed by atoms with Gasteiger partial charge in [-0.05, 0) is 63.4 Å². The van der Waals surface area contributed by atoms with Gasteiger partial charge in [0.15, 0.2) is 0 Å². The molecular weight excluding hydrogens is 446 g/mol. The molecule has 2 aromatic rings. The summed E-state index contributed by atoms with van der Waals surface area (Å²) >= 11 is 0. The Hall–Kier alpha value is -3.10. The van der Waals surface area contributed by atoms with E-state index in [0.29, 0.717) is 25.2 Å². The van der Waals surface area contributed by atoms with Crippen LogP contribution in [0.2, 0.25) is 0 Å². The van der Waals surface area contributed by atoms with Crippen LogP contribution >= 0.6 is 0 Å². The Balaban J connectivity index is 1.18. The number of imide groups is 1. The zero-order valence-corrected chi connectivity index (χ0v) is 20.8. The minimum absolute atomic E-state index is 0.208. The number of piperidine rings is 1. The first-order valence-corrected chi connectivity index (χ1v) is 12.1. The summed E-state index contributed by atoms with van der Waals surface area (Å²) in [5.74, 6) is 1.24. The number of carbonyl (C=O) groups is 2. The standard InChI is InChI=1S/C27H35N3O5/c1-20-4-8-23(9-5-20)35-19-27(33)12-14-29(15-13-27)18-21-6-10-22(11-7-21)34-17-16-30-24(31)26(2,3)28-25(30)32/h4-11,33H,12-19H2,1-3H3,(H,28,32). The van der Waals surface area contributed by atoms with Crippen molar-refractivity contribution in [2.45, 2.75) is 51.3 Å². The quantitative estimate of drug-likeness (QED) is 0.535. The molecule has 0 aliphatic carbocycles. The predicted molar refractivity (Wildman–Crippen MR) is 132 cm³/mol. The molecule has 35 heavy (non-hydrogen) atoms. The molecule has 2 aromatic carbocycles. The number of aryl methyl sites for hydroxylation is 1. The number of hydrogen-bond donors (Lipinski definition) is 2. The maximum atomic E-state index is 12.2. The molecular formula is C27H35N3O5. The van der Waals surface area contributed by atoms with E-state index in [4.69, 9.17) is 9.47 Å². The number of aliphatic hydroxyl groups is 1. The van der Waals surface area contributed by atoms with Crippen molar-refractivity contribution in [1.29, 1.82) is 0 Å². The van der Waals surface area contributed by atoms with Gasteiger partial charge < -0.3 is 19.9 Å². The number of benzene rings is 2. The molecule has 0 bridgehead atoms. The number of urea groups is 1. The van der Waals surface area contributed by atoms with Gasteiger partial charge in [0.1, 0.15) is 35.9 Å². The van der Waals surface area contributed by atoms with E-state index in [2.05, 4.69) is 10.2 Å². The van der Waals surface area contributed by atoms with Crippen molar-refractivity contribution < 1.29 is 24.2 Å². The van der Waals surface area contributed by atoms with Gasteiger partial charge in [0.2, 0.25) is 0 Å². The second kappa shape index (κ2) is 10.3. The Bertz CT molecular complexity index is 1030. The van der Waals surface area contributed by atoms with E-state index < -0.39 is 11.1 Å². The average Bonchev–Trinajstić information content (AvgIpc) is 3.03. The first-order chi connectivity index (χ1) is 16.6. The lowest BCUT2D eigenvalue weighted by molar-refractivity contribution is -0.130. The number of nitrogens with zero attached hydrogens (tertiary/aromatic N) is 2. The minimum Gasteiger partial charge on any atom is -0.492 e. The summed E-state index contributed by atoms with van der Waals surface area (Å²) < 4.78 is 11.6. The highest BCUT2D eigenvalue weighted by atomic mass is 16.5. The molecule has 2 saturated heterocycles. The minimum atomic E-state index is -0.864. The smallest absolute Gasteiger partial charge is 0.325 e. The van der Waals surface area contributed by atoms with Crippen LogP contribution in [-0.4, -0.2) is 70.8 Å². The Morgan fingerprint density at radius 3 is 2.14 bits per heavy atom. The second-order valence-corrected chi connectivity index (χ2v) is 10.1. The van der Waals surface area contributed by atoms with E-state index in [9.17, 15) is 14.7 Å². The van der Waals surface area contributed by atoms with Gasteiger partial charge >= 0.3 is 6.03 Å². The van der Waals surface area contributed by atoms with E-state index in [0.717, 1.165) is 30.9 Å². The van der Waals surface area contributed by atoms with Crippen LogP contribution in [-0.2, 0) is 11.3 Å². The van der Waals surface area contributed by atoms with Crippen molar-refractivity contribution in [2.75, 3.05) is 32.8 Å². The zero-order valence-electron chi connectivity index (χ0n) is 20.8. The highest BCUT2D eigenvalue weighted by Gasteiger charge is 2.43. The Morgan fingerprint density at radius 1 is 0.943 bits per heavy atom. The first kappa shape index (κ1) is 25.0. The van der Waals surface area contributed by atoms with Gasteiger partial charge in [-0.2, -0.15) is 0 Å². The number of ether oxygens (including phenoxy) is 2. The maximum Gasteiger partial charge on any atom is 0.325 e. The van der Waals surface area contributed by atoms with Gasteiger partial charge in [0.25, 0.3) is 5.91 Å². The maximum absolute atomic E-state index is 12.2. The molecule has 3 amide bonds. The third-order valence-electron chi connectivity index (χ3n) is 6.67. The van der Waals surface area contributed by atoms with E-state index in [1.54, 1.807) is 13.8 Å². The Kier molecular flexibility index (Phi) is 7.33. The van der Waals surface area contributed by atoms with E-state index in [1.165, 1.54) is 10.5 Å². The number of rotatable bonds is 9. The summed E-state index contributed by atoms with van der Waals surface area (Å²) in [6.45, 7) is 8.56. The molecule has 0 spiro atoms. The van der Waals surface area contributed by atoms with Crippen LogP contribution in [0.5, 0.6) is 11.5 Å². The molecule has 4 rings (SSSR count). The second-order valence-electron chi connectivity index (χ2n) is 10.1. The number of nitrogens with one attached hydrogen (secondary N) is 1. The van der Waals surface area contributed by atoms with Crippen molar-refractivity contribution in [3.05, 3.63) is 59.7 Å². The summed E-state index contributed by atoms with van der Waals surface area (Å²) in [6, 6.07) is 15.4. The van der Waals surface area contributed by atoms with Crippen LogP contribution in [0.25, 0.3) is 0 Å². The monoisotopic (exact) mass is 481 g/mol. The number of likely N-dealkylation sites (tertiary alicyclic amines) is 1. The molecule has 8 nitrogen and oxygen atoms in total. The molecule has 2 fully saturated rings. The summed E-state index contributed by atoms with van der Waals surface area (Å²) in [6.07, 6.45) is 1.33. The highest BCUT2D eigenvalue weighted by Crippen LogP contribution is 2.25. The lowest BCUT2D eigenvalue weighted by Crippen LogP contribution is -2.47. The van der Waals surface area contributed by atoms with Gasteiger partial charge in [-0.25, -0.2) is 4.79 Å². The average molecular weight is 482 g/mol. The van der Waals surface area contributed by atoms with Crippen LogP contribution in [0.4, 0.5) is 4.79 Å². The lowest BCUT2D eigenvalue weighted by Gasteiger charge is -2.38. The molecule has 2 N–H and O–H groups in total. The largest absolute Gasteiger partial charge is 0.492 e. The zero-order chi connectivity index (χ0) is 25.1. The van der Waals surface area contributed by atoms with Crippen LogP contribution in [0, 0.1) is 6.92 Å². The van der Waals surface area contributed by atoms with Crippen molar-refractivity contribution in [2.24, 2.45) is 0 Å². The van der Waals surface area contributed by atoms with Crippen molar-refractivity contribution in [3.8, 4) is 11.5 Å². The molecule has 0 atom stereocenters. The van der Waals surface area contributed by atoms with E-state index >= 15 is 0 Å².